The Balaban J connectivity index is 3.03. The van der Waals surface area contributed by atoms with E-state index in [1.807, 2.05) is 25.1 Å². The second-order valence-corrected chi connectivity index (χ2v) is 2.93. The average Bonchev–Trinajstić information content (AvgIpc) is 2.05. The molecule has 0 unspecified atom stereocenters. The molecular weight excluding hydrogens is 172 g/mol. The summed E-state index contributed by atoms with van der Waals surface area (Å²) in [5.41, 5.74) is 1.90. The van der Waals surface area contributed by atoms with Gasteiger partial charge >= 0.3 is 0 Å². The summed E-state index contributed by atoms with van der Waals surface area (Å²) in [6.07, 6.45) is 2.29. The number of hydrogen-bond donors (Lipinski definition) is 0. The first-order valence-electron chi connectivity index (χ1n) is 3.62. The van der Waals surface area contributed by atoms with Crippen LogP contribution >= 0.6 is 11.6 Å². The van der Waals surface area contributed by atoms with E-state index < -0.39 is 0 Å². The Labute approximate surface area is 76.7 Å². The van der Waals surface area contributed by atoms with Crippen LogP contribution in [-0.4, -0.2) is 6.29 Å². The molecule has 0 radical (unpaired) electrons. The Morgan fingerprint density at radius 3 is 2.83 bits per heavy atom. The largest absolute Gasteiger partial charge is 0.299 e. The summed E-state index contributed by atoms with van der Waals surface area (Å²) in [5.74, 6) is 0. The minimum Gasteiger partial charge on any atom is -0.299 e. The van der Waals surface area contributed by atoms with Crippen LogP contribution in [0.1, 0.15) is 12.5 Å². The molecule has 0 N–H and O–H groups in total. The predicted molar refractivity (Wildman–Crippen MR) is 51.2 cm³/mol. The number of carbonyl (C=O) groups is 1. The van der Waals surface area contributed by atoms with Gasteiger partial charge in [0.15, 0.2) is 0 Å². The number of hydrogen-bond acceptors (Lipinski definition) is 1. The van der Waals surface area contributed by atoms with Crippen molar-refractivity contribution in [2.45, 2.75) is 6.92 Å². The second-order valence-electron chi connectivity index (χ2n) is 2.50. The van der Waals surface area contributed by atoms with Crippen LogP contribution in [0.25, 0.3) is 5.57 Å². The number of rotatable bonds is 2. The van der Waals surface area contributed by atoms with Crippen molar-refractivity contribution in [1.82, 2.24) is 0 Å². The van der Waals surface area contributed by atoms with Crippen molar-refractivity contribution in [2.75, 3.05) is 0 Å². The molecule has 1 nitrogen and oxygen atoms in total. The number of benzene rings is 1. The van der Waals surface area contributed by atoms with Crippen molar-refractivity contribution in [3.05, 3.63) is 40.9 Å². The van der Waals surface area contributed by atoms with Crippen molar-refractivity contribution in [3.8, 4) is 0 Å². The highest BCUT2D eigenvalue weighted by Gasteiger charge is 1.94. The fraction of sp³-hybridized carbons (Fsp3) is 0.100. The molecule has 0 aliphatic carbocycles. The summed E-state index contributed by atoms with van der Waals surface area (Å²) in [4.78, 5) is 10.2. The standard InChI is InChI=1S/C10H9ClO/c1-8(5-6-12)9-3-2-4-10(11)7-9/h2-7H,1H3/b8-5-. The summed E-state index contributed by atoms with van der Waals surface area (Å²) in [6, 6.07) is 7.41. The third-order valence-corrected chi connectivity index (χ3v) is 1.83. The molecule has 1 aromatic rings. The molecule has 2 heteroatoms. The van der Waals surface area contributed by atoms with Crippen LogP contribution in [0.15, 0.2) is 30.3 Å². The zero-order valence-corrected chi connectivity index (χ0v) is 7.51. The van der Waals surface area contributed by atoms with Crippen molar-refractivity contribution >= 4 is 23.5 Å². The normalized spacial score (nSPS) is 11.3. The zero-order valence-electron chi connectivity index (χ0n) is 6.75. The monoisotopic (exact) mass is 180 g/mol. The Bertz CT molecular complexity index is 315. The molecule has 12 heavy (non-hydrogen) atoms. The van der Waals surface area contributed by atoms with Gasteiger partial charge in [-0.2, -0.15) is 0 Å². The van der Waals surface area contributed by atoms with Crippen LogP contribution < -0.4 is 0 Å². The Morgan fingerprint density at radius 1 is 1.50 bits per heavy atom. The van der Waals surface area contributed by atoms with E-state index in [0.717, 1.165) is 17.4 Å². The Hall–Kier alpha value is -1.08. The first-order chi connectivity index (χ1) is 5.74. The van der Waals surface area contributed by atoms with E-state index >= 15 is 0 Å². The van der Waals surface area contributed by atoms with E-state index in [0.29, 0.717) is 5.02 Å². The Kier molecular flexibility index (Phi) is 3.06. The predicted octanol–water partition coefficient (Wildman–Crippen LogP) is 2.94. The van der Waals surface area contributed by atoms with Crippen LogP contribution in [0.3, 0.4) is 0 Å². The maximum absolute atomic E-state index is 10.2. The van der Waals surface area contributed by atoms with E-state index in [-0.39, 0.29) is 0 Å². The molecule has 0 aromatic heterocycles. The van der Waals surface area contributed by atoms with Gasteiger partial charge in [-0.25, -0.2) is 0 Å². The van der Waals surface area contributed by atoms with Gasteiger partial charge in [-0.1, -0.05) is 23.7 Å². The number of allylic oxidation sites excluding steroid dienone is 2. The summed E-state index contributed by atoms with van der Waals surface area (Å²) >= 11 is 5.77. The van der Waals surface area contributed by atoms with Gasteiger partial charge in [0.2, 0.25) is 0 Å². The topological polar surface area (TPSA) is 17.1 Å². The molecule has 62 valence electrons. The fourth-order valence-electron chi connectivity index (χ4n) is 0.932. The highest BCUT2D eigenvalue weighted by molar-refractivity contribution is 6.30. The molecule has 0 atom stereocenters. The smallest absolute Gasteiger partial charge is 0.143 e. The van der Waals surface area contributed by atoms with Crippen molar-refractivity contribution in [2.24, 2.45) is 0 Å². The lowest BCUT2D eigenvalue weighted by Crippen LogP contribution is -1.79. The van der Waals surface area contributed by atoms with Gasteiger partial charge in [0.25, 0.3) is 0 Å². The first kappa shape index (κ1) is 9.01. The molecule has 0 aliphatic heterocycles. The molecule has 0 aliphatic rings. The summed E-state index contributed by atoms with van der Waals surface area (Å²) in [5, 5.41) is 0.686. The van der Waals surface area contributed by atoms with Crippen molar-refractivity contribution < 1.29 is 4.79 Å². The average molecular weight is 181 g/mol. The van der Waals surface area contributed by atoms with Crippen molar-refractivity contribution in [1.29, 1.82) is 0 Å². The van der Waals surface area contributed by atoms with Crippen molar-refractivity contribution in [3.63, 3.8) is 0 Å². The summed E-state index contributed by atoms with van der Waals surface area (Å²) < 4.78 is 0. The minimum absolute atomic E-state index is 0.686. The van der Waals surface area contributed by atoms with Crippen LogP contribution in [0.4, 0.5) is 0 Å². The van der Waals surface area contributed by atoms with Gasteiger partial charge in [-0.3, -0.25) is 4.79 Å². The quantitative estimate of drug-likeness (QED) is 0.505. The maximum atomic E-state index is 10.2. The lowest BCUT2D eigenvalue weighted by atomic mass is 10.1. The van der Waals surface area contributed by atoms with Crippen LogP contribution in [0.2, 0.25) is 5.02 Å². The second kappa shape index (κ2) is 4.07. The first-order valence-corrected chi connectivity index (χ1v) is 4.00. The van der Waals surface area contributed by atoms with Gasteiger partial charge in [0.1, 0.15) is 6.29 Å². The lowest BCUT2D eigenvalue weighted by molar-refractivity contribution is -0.104. The van der Waals surface area contributed by atoms with E-state index in [1.165, 1.54) is 6.08 Å². The fourth-order valence-corrected chi connectivity index (χ4v) is 1.12. The number of carbonyl (C=O) groups excluding carboxylic acids is 1. The molecule has 0 saturated heterocycles. The Morgan fingerprint density at radius 2 is 2.25 bits per heavy atom. The van der Waals surface area contributed by atoms with E-state index in [9.17, 15) is 4.79 Å². The third-order valence-electron chi connectivity index (χ3n) is 1.60. The number of halogens is 1. The van der Waals surface area contributed by atoms with Crippen LogP contribution in [-0.2, 0) is 4.79 Å². The van der Waals surface area contributed by atoms with Gasteiger partial charge in [0, 0.05) is 5.02 Å². The lowest BCUT2D eigenvalue weighted by Gasteiger charge is -1.99. The zero-order chi connectivity index (χ0) is 8.97. The van der Waals surface area contributed by atoms with E-state index in [1.54, 1.807) is 6.07 Å². The molecule has 0 fully saturated rings. The molecule has 0 amide bonds. The van der Waals surface area contributed by atoms with Gasteiger partial charge < -0.3 is 0 Å². The van der Waals surface area contributed by atoms with Gasteiger partial charge in [-0.15, -0.1) is 0 Å². The van der Waals surface area contributed by atoms with Gasteiger partial charge in [0.05, 0.1) is 0 Å². The van der Waals surface area contributed by atoms with E-state index in [2.05, 4.69) is 0 Å². The molecule has 0 spiro atoms. The highest BCUT2D eigenvalue weighted by Crippen LogP contribution is 2.17. The van der Waals surface area contributed by atoms with E-state index in [4.69, 9.17) is 11.6 Å². The number of aldehydes is 1. The molecule has 1 aromatic carbocycles. The summed E-state index contributed by atoms with van der Waals surface area (Å²) in [6.45, 7) is 1.88. The molecular formula is C10H9ClO. The molecule has 0 bridgehead atoms. The third kappa shape index (κ3) is 2.21. The molecule has 0 saturated carbocycles. The SMILES string of the molecule is C/C(=C/C=O)c1cccc(Cl)c1. The van der Waals surface area contributed by atoms with Crippen LogP contribution in [0.5, 0.6) is 0 Å². The van der Waals surface area contributed by atoms with Crippen LogP contribution in [0, 0.1) is 0 Å². The summed E-state index contributed by atoms with van der Waals surface area (Å²) in [7, 11) is 0. The maximum Gasteiger partial charge on any atom is 0.143 e. The minimum atomic E-state index is 0.686. The molecule has 0 heterocycles. The van der Waals surface area contributed by atoms with Gasteiger partial charge in [-0.05, 0) is 36.3 Å². The highest BCUT2D eigenvalue weighted by atomic mass is 35.5. The molecule has 1 rings (SSSR count).